The maximum atomic E-state index is 10.2. The quantitative estimate of drug-likeness (QED) is 0.644. The van der Waals surface area contributed by atoms with Gasteiger partial charge in [-0.3, -0.25) is 9.59 Å². The number of rotatable bonds is 5. The predicted molar refractivity (Wildman–Crippen MR) is 69.0 cm³/mol. The van der Waals surface area contributed by atoms with Crippen molar-refractivity contribution in [2.45, 2.75) is 26.2 Å². The van der Waals surface area contributed by atoms with Crippen molar-refractivity contribution in [2.24, 2.45) is 0 Å². The molecule has 0 aromatic heterocycles. The first-order chi connectivity index (χ1) is 8.56. The van der Waals surface area contributed by atoms with Crippen molar-refractivity contribution in [2.75, 3.05) is 0 Å². The molecule has 0 aliphatic carbocycles. The Labute approximate surface area is 107 Å². The number of hydrogen-bond donors (Lipinski definition) is 1. The predicted octanol–water partition coefficient (Wildman–Crippen LogP) is 2.79. The molecular weight excluding hydrogens is 232 g/mol. The van der Waals surface area contributed by atoms with Gasteiger partial charge in [0, 0.05) is 13.3 Å². The number of carboxylic acids is 1. The van der Waals surface area contributed by atoms with E-state index in [1.165, 1.54) is 12.5 Å². The van der Waals surface area contributed by atoms with Crippen LogP contribution in [0.25, 0.3) is 0 Å². The second-order valence-electron chi connectivity index (χ2n) is 3.51. The highest BCUT2D eigenvalue weighted by Gasteiger charge is 1.96. The van der Waals surface area contributed by atoms with Gasteiger partial charge in [0.1, 0.15) is 0 Å². The zero-order valence-corrected chi connectivity index (χ0v) is 10.5. The highest BCUT2D eigenvalue weighted by molar-refractivity contribution is 5.66. The second-order valence-corrected chi connectivity index (χ2v) is 3.51. The van der Waals surface area contributed by atoms with Gasteiger partial charge in [0.2, 0.25) is 0 Å². The maximum absolute atomic E-state index is 10.2. The molecule has 0 spiro atoms. The molecule has 0 fully saturated rings. The summed E-state index contributed by atoms with van der Waals surface area (Å²) in [6.45, 7) is 4.48. The van der Waals surface area contributed by atoms with Crippen molar-refractivity contribution in [3.8, 4) is 0 Å². The molecule has 4 heteroatoms. The van der Waals surface area contributed by atoms with Crippen LogP contribution in [0.3, 0.4) is 0 Å². The summed E-state index contributed by atoms with van der Waals surface area (Å²) in [7, 11) is 0. The monoisotopic (exact) mass is 250 g/mol. The van der Waals surface area contributed by atoms with Gasteiger partial charge in [0.25, 0.3) is 0 Å². The van der Waals surface area contributed by atoms with Crippen LogP contribution in [0.5, 0.6) is 0 Å². The first kappa shape index (κ1) is 15.9. The Hall–Kier alpha value is -2.10. The summed E-state index contributed by atoms with van der Waals surface area (Å²) >= 11 is 0. The smallest absolute Gasteiger partial charge is 0.307 e. The minimum atomic E-state index is -0.717. The summed E-state index contributed by atoms with van der Waals surface area (Å²) < 4.78 is 4.17. The van der Waals surface area contributed by atoms with E-state index in [4.69, 9.17) is 5.11 Å². The summed E-state index contributed by atoms with van der Waals surface area (Å²) in [6, 6.07) is 9.93. The lowest BCUT2D eigenvalue weighted by Crippen LogP contribution is -1.95. The molecule has 1 aromatic rings. The van der Waals surface area contributed by atoms with Gasteiger partial charge in [-0.2, -0.15) is 0 Å². The van der Waals surface area contributed by atoms with Crippen molar-refractivity contribution in [1.29, 1.82) is 0 Å². The summed E-state index contributed by atoms with van der Waals surface area (Å²) in [4.78, 5) is 19.9. The number of benzene rings is 1. The summed E-state index contributed by atoms with van der Waals surface area (Å²) in [5.74, 6) is -1.05. The number of esters is 1. The molecule has 0 radical (unpaired) electrons. The van der Waals surface area contributed by atoms with E-state index >= 15 is 0 Å². The van der Waals surface area contributed by atoms with E-state index in [0.717, 1.165) is 19.1 Å². The molecule has 0 aliphatic rings. The van der Waals surface area contributed by atoms with Crippen LogP contribution >= 0.6 is 0 Å². The molecule has 0 atom stereocenters. The molecule has 0 saturated carbocycles. The normalized spacial score (nSPS) is 8.72. The Bertz CT molecular complexity index is 371. The van der Waals surface area contributed by atoms with Gasteiger partial charge in [-0.15, -0.1) is 0 Å². The summed E-state index contributed by atoms with van der Waals surface area (Å²) in [6.07, 6.45) is 2.93. The first-order valence-electron chi connectivity index (χ1n) is 5.60. The minimum Gasteiger partial charge on any atom is -0.481 e. The molecule has 1 rings (SSSR count). The van der Waals surface area contributed by atoms with Gasteiger partial charge in [-0.05, 0) is 18.4 Å². The standard InChI is InChI=1S/C10H12O2.C4H6O2/c11-10(12)8-4-7-9-5-2-1-3-6-9;1-3-6-4(2)5/h1-3,5-6H,4,7-8H2,(H,11,12);3H,1H2,2H3. The van der Waals surface area contributed by atoms with Crippen molar-refractivity contribution in [1.82, 2.24) is 0 Å². The SMILES string of the molecule is C=COC(C)=O.O=C(O)CCCc1ccccc1. The molecule has 1 N–H and O–H groups in total. The number of aliphatic carboxylic acids is 1. The van der Waals surface area contributed by atoms with E-state index in [-0.39, 0.29) is 12.4 Å². The van der Waals surface area contributed by atoms with Gasteiger partial charge < -0.3 is 9.84 Å². The zero-order chi connectivity index (χ0) is 13.8. The van der Waals surface area contributed by atoms with Gasteiger partial charge in [0.15, 0.2) is 0 Å². The molecule has 98 valence electrons. The number of carbonyl (C=O) groups is 2. The van der Waals surface area contributed by atoms with E-state index in [0.29, 0.717) is 0 Å². The van der Waals surface area contributed by atoms with Crippen LogP contribution in [0.4, 0.5) is 0 Å². The molecule has 0 saturated heterocycles. The molecule has 0 heterocycles. The van der Waals surface area contributed by atoms with Crippen LogP contribution in [-0.2, 0) is 20.7 Å². The Morgan fingerprint density at radius 1 is 1.33 bits per heavy atom. The summed E-state index contributed by atoms with van der Waals surface area (Å²) in [5.41, 5.74) is 1.21. The molecule has 0 unspecified atom stereocenters. The third-order valence-electron chi connectivity index (χ3n) is 1.95. The third kappa shape index (κ3) is 10.4. The fraction of sp³-hybridized carbons (Fsp3) is 0.286. The van der Waals surface area contributed by atoms with Crippen molar-refractivity contribution in [3.05, 3.63) is 48.7 Å². The lowest BCUT2D eigenvalue weighted by atomic mass is 10.1. The molecule has 0 bridgehead atoms. The average molecular weight is 250 g/mol. The van der Waals surface area contributed by atoms with Crippen molar-refractivity contribution in [3.63, 3.8) is 0 Å². The lowest BCUT2D eigenvalue weighted by molar-refractivity contribution is -0.137. The highest BCUT2D eigenvalue weighted by atomic mass is 16.5. The molecule has 0 amide bonds. The van der Waals surface area contributed by atoms with E-state index in [1.54, 1.807) is 0 Å². The van der Waals surface area contributed by atoms with Gasteiger partial charge >= 0.3 is 11.9 Å². The minimum absolute atomic E-state index is 0.259. The van der Waals surface area contributed by atoms with E-state index in [1.807, 2.05) is 30.3 Å². The van der Waals surface area contributed by atoms with Crippen LogP contribution in [0.1, 0.15) is 25.3 Å². The number of aryl methyl sites for hydroxylation is 1. The molecular formula is C14H18O4. The summed E-state index contributed by atoms with van der Waals surface area (Å²) in [5, 5.41) is 8.39. The van der Waals surface area contributed by atoms with Crippen molar-refractivity contribution >= 4 is 11.9 Å². The number of ether oxygens (including phenoxy) is 1. The van der Waals surface area contributed by atoms with Crippen molar-refractivity contribution < 1.29 is 19.4 Å². The Kier molecular flexibility index (Phi) is 8.90. The molecule has 1 aromatic carbocycles. The molecule has 18 heavy (non-hydrogen) atoms. The molecule has 0 aliphatic heterocycles. The van der Waals surface area contributed by atoms with E-state index < -0.39 is 5.97 Å². The van der Waals surface area contributed by atoms with Crippen LogP contribution in [0.2, 0.25) is 0 Å². The average Bonchev–Trinajstić information content (AvgIpc) is 2.30. The first-order valence-corrected chi connectivity index (χ1v) is 5.60. The van der Waals surface area contributed by atoms with Gasteiger partial charge in [0.05, 0.1) is 6.26 Å². The van der Waals surface area contributed by atoms with E-state index in [2.05, 4.69) is 11.3 Å². The number of carboxylic acid groups (broad SMARTS) is 1. The fourth-order valence-electron chi connectivity index (χ4n) is 1.21. The Morgan fingerprint density at radius 3 is 2.33 bits per heavy atom. The molecule has 4 nitrogen and oxygen atoms in total. The van der Waals surface area contributed by atoms with Crippen LogP contribution in [-0.4, -0.2) is 17.0 Å². The lowest BCUT2D eigenvalue weighted by Gasteiger charge is -1.97. The Balaban J connectivity index is 0.000000411. The largest absolute Gasteiger partial charge is 0.481 e. The van der Waals surface area contributed by atoms with Crippen LogP contribution < -0.4 is 0 Å². The van der Waals surface area contributed by atoms with E-state index in [9.17, 15) is 9.59 Å². The Morgan fingerprint density at radius 2 is 1.94 bits per heavy atom. The van der Waals surface area contributed by atoms with Gasteiger partial charge in [-0.25, -0.2) is 0 Å². The van der Waals surface area contributed by atoms with Crippen LogP contribution in [0.15, 0.2) is 43.2 Å². The number of hydrogen-bond acceptors (Lipinski definition) is 3. The maximum Gasteiger partial charge on any atom is 0.307 e. The topological polar surface area (TPSA) is 63.6 Å². The van der Waals surface area contributed by atoms with Gasteiger partial charge in [-0.1, -0.05) is 36.9 Å². The zero-order valence-electron chi connectivity index (χ0n) is 10.5. The fourth-order valence-corrected chi connectivity index (χ4v) is 1.21. The third-order valence-corrected chi connectivity index (χ3v) is 1.95. The number of carbonyl (C=O) groups excluding carboxylic acids is 1. The van der Waals surface area contributed by atoms with Crippen LogP contribution in [0, 0.1) is 0 Å². The highest BCUT2D eigenvalue weighted by Crippen LogP contribution is 2.03. The second kappa shape index (κ2) is 10.1.